The summed E-state index contributed by atoms with van der Waals surface area (Å²) >= 11 is 0. The van der Waals surface area contributed by atoms with Gasteiger partial charge in [-0.3, -0.25) is 4.79 Å². The van der Waals surface area contributed by atoms with E-state index in [9.17, 15) is 4.79 Å². The third-order valence-corrected chi connectivity index (χ3v) is 4.82. The van der Waals surface area contributed by atoms with Crippen LogP contribution in [0.2, 0.25) is 0 Å². The van der Waals surface area contributed by atoms with E-state index in [0.29, 0.717) is 19.1 Å². The summed E-state index contributed by atoms with van der Waals surface area (Å²) in [6, 6.07) is 8.42. The van der Waals surface area contributed by atoms with Crippen molar-refractivity contribution >= 4 is 12.0 Å². The molecule has 0 aliphatic carbocycles. The van der Waals surface area contributed by atoms with Crippen LogP contribution in [0.3, 0.4) is 0 Å². The average Bonchev–Trinajstić information content (AvgIpc) is 3.14. The number of piperidine rings is 1. The number of hydrogen-bond acceptors (Lipinski definition) is 3. The Balaban J connectivity index is 1.65. The number of hydrogen-bond donors (Lipinski definition) is 0. The lowest BCUT2D eigenvalue weighted by Gasteiger charge is -2.37. The predicted octanol–water partition coefficient (Wildman–Crippen LogP) is 3.58. The highest BCUT2D eigenvalue weighted by atomic mass is 16.7. The lowest BCUT2D eigenvalue weighted by Crippen LogP contribution is -2.49. The van der Waals surface area contributed by atoms with Crippen LogP contribution < -0.4 is 0 Å². The Labute approximate surface area is 144 Å². The second-order valence-corrected chi connectivity index (χ2v) is 6.86. The molecule has 2 aliphatic rings. The number of likely N-dealkylation sites (tertiary alicyclic amines) is 1. The lowest BCUT2D eigenvalue weighted by atomic mass is 10.0. The largest absolute Gasteiger partial charge is 0.348 e. The van der Waals surface area contributed by atoms with Gasteiger partial charge in [-0.2, -0.15) is 0 Å². The van der Waals surface area contributed by atoms with Crippen LogP contribution in [0.25, 0.3) is 6.08 Å². The molecule has 0 spiro atoms. The van der Waals surface area contributed by atoms with Crippen molar-refractivity contribution in [2.24, 2.45) is 0 Å². The molecule has 0 radical (unpaired) electrons. The summed E-state index contributed by atoms with van der Waals surface area (Å²) in [6.07, 6.45) is 6.44. The molecule has 0 N–H and O–H groups in total. The zero-order valence-corrected chi connectivity index (χ0v) is 14.6. The van der Waals surface area contributed by atoms with Crippen LogP contribution in [0.5, 0.6) is 0 Å². The molecule has 130 valence electrons. The van der Waals surface area contributed by atoms with Gasteiger partial charge in [-0.15, -0.1) is 0 Å². The summed E-state index contributed by atoms with van der Waals surface area (Å²) in [5.41, 5.74) is 2.36. The van der Waals surface area contributed by atoms with Gasteiger partial charge in [0.1, 0.15) is 0 Å². The topological polar surface area (TPSA) is 38.8 Å². The molecule has 4 heteroatoms. The first kappa shape index (κ1) is 17.2. The van der Waals surface area contributed by atoms with Crippen molar-refractivity contribution in [3.63, 3.8) is 0 Å². The third kappa shape index (κ3) is 4.05. The monoisotopic (exact) mass is 329 g/mol. The normalized spacial score (nSPS) is 22.6. The van der Waals surface area contributed by atoms with Crippen molar-refractivity contribution in [1.29, 1.82) is 0 Å². The maximum Gasteiger partial charge on any atom is 0.246 e. The van der Waals surface area contributed by atoms with Gasteiger partial charge in [-0.25, -0.2) is 0 Å². The van der Waals surface area contributed by atoms with Crippen LogP contribution in [0.1, 0.15) is 50.2 Å². The highest BCUT2D eigenvalue weighted by molar-refractivity contribution is 5.92. The molecule has 2 fully saturated rings. The maximum atomic E-state index is 12.6. The first-order chi connectivity index (χ1) is 11.6. The van der Waals surface area contributed by atoms with Crippen molar-refractivity contribution in [2.75, 3.05) is 19.8 Å². The lowest BCUT2D eigenvalue weighted by molar-refractivity contribution is -0.145. The number of nitrogens with zero attached hydrogens (tertiary/aromatic N) is 1. The number of carbonyl (C=O) groups is 1. The highest BCUT2D eigenvalue weighted by Crippen LogP contribution is 2.25. The minimum Gasteiger partial charge on any atom is -0.348 e. The first-order valence-corrected chi connectivity index (χ1v) is 8.97. The second-order valence-electron chi connectivity index (χ2n) is 6.86. The number of carbonyl (C=O) groups excluding carboxylic acids is 1. The van der Waals surface area contributed by atoms with Crippen molar-refractivity contribution < 1.29 is 14.3 Å². The Hall–Kier alpha value is -1.65. The Morgan fingerprint density at radius 3 is 2.54 bits per heavy atom. The van der Waals surface area contributed by atoms with Crippen LogP contribution in [0.4, 0.5) is 0 Å². The fourth-order valence-electron chi connectivity index (χ4n) is 3.37. The molecular weight excluding hydrogens is 302 g/mol. The van der Waals surface area contributed by atoms with E-state index in [2.05, 4.69) is 38.1 Å². The Kier molecular flexibility index (Phi) is 5.69. The molecule has 0 saturated carbocycles. The van der Waals surface area contributed by atoms with E-state index in [1.165, 1.54) is 5.56 Å². The molecule has 24 heavy (non-hydrogen) atoms. The van der Waals surface area contributed by atoms with Gasteiger partial charge in [-0.1, -0.05) is 38.1 Å². The smallest absolute Gasteiger partial charge is 0.246 e. The summed E-state index contributed by atoms with van der Waals surface area (Å²) in [6.45, 7) is 6.39. The van der Waals surface area contributed by atoms with Crippen LogP contribution >= 0.6 is 0 Å². The minimum absolute atomic E-state index is 0.0433. The molecule has 0 bridgehead atoms. The molecule has 4 nitrogen and oxygen atoms in total. The van der Waals surface area contributed by atoms with E-state index < -0.39 is 0 Å². The predicted molar refractivity (Wildman–Crippen MR) is 94.6 cm³/mol. The summed E-state index contributed by atoms with van der Waals surface area (Å²) in [5, 5.41) is 0. The van der Waals surface area contributed by atoms with Gasteiger partial charge >= 0.3 is 0 Å². The average molecular weight is 329 g/mol. The summed E-state index contributed by atoms with van der Waals surface area (Å²) in [4.78, 5) is 14.6. The molecule has 2 saturated heterocycles. The zero-order chi connectivity index (χ0) is 16.9. The van der Waals surface area contributed by atoms with Gasteiger partial charge in [-0.05, 0) is 42.4 Å². The fraction of sp³-hybridized carbons (Fsp3) is 0.550. The van der Waals surface area contributed by atoms with Gasteiger partial charge < -0.3 is 14.4 Å². The molecule has 1 amide bonds. The van der Waals surface area contributed by atoms with Crippen LogP contribution in [0.15, 0.2) is 30.3 Å². The Bertz CT molecular complexity index is 573. The van der Waals surface area contributed by atoms with Crippen molar-refractivity contribution in [3.05, 3.63) is 41.5 Å². The van der Waals surface area contributed by atoms with E-state index >= 15 is 0 Å². The Morgan fingerprint density at radius 1 is 1.17 bits per heavy atom. The number of rotatable bonds is 4. The molecule has 2 heterocycles. The SMILES string of the molecule is CC(C)c1ccc(/C=C/C(=O)N2CCCCC2C2OCCO2)cc1. The first-order valence-electron chi connectivity index (χ1n) is 8.97. The van der Waals surface area contributed by atoms with Gasteiger partial charge in [0.25, 0.3) is 0 Å². The van der Waals surface area contributed by atoms with Gasteiger partial charge in [0.15, 0.2) is 6.29 Å². The number of amides is 1. The van der Waals surface area contributed by atoms with Crippen LogP contribution in [0, 0.1) is 0 Å². The van der Waals surface area contributed by atoms with Gasteiger partial charge in [0.05, 0.1) is 19.3 Å². The maximum absolute atomic E-state index is 12.6. The zero-order valence-electron chi connectivity index (χ0n) is 14.6. The molecule has 2 aliphatic heterocycles. The Morgan fingerprint density at radius 2 is 1.88 bits per heavy atom. The molecule has 1 aromatic carbocycles. The van der Waals surface area contributed by atoms with Crippen molar-refractivity contribution in [1.82, 2.24) is 4.90 Å². The standard InChI is InChI=1S/C20H27NO3/c1-15(2)17-9-6-16(7-10-17)8-11-19(22)21-12-4-3-5-18(21)20-23-13-14-24-20/h6-11,15,18,20H,3-5,12-14H2,1-2H3/b11-8+. The van der Waals surface area contributed by atoms with Gasteiger partial charge in [0.2, 0.25) is 5.91 Å². The fourth-order valence-corrected chi connectivity index (χ4v) is 3.37. The van der Waals surface area contributed by atoms with E-state index in [0.717, 1.165) is 31.4 Å². The minimum atomic E-state index is -0.257. The van der Waals surface area contributed by atoms with Crippen LogP contribution in [-0.4, -0.2) is 42.9 Å². The van der Waals surface area contributed by atoms with Crippen molar-refractivity contribution in [3.8, 4) is 0 Å². The number of ether oxygens (including phenoxy) is 2. The molecule has 1 unspecified atom stereocenters. The summed E-state index contributed by atoms with van der Waals surface area (Å²) in [7, 11) is 0. The van der Waals surface area contributed by atoms with E-state index in [4.69, 9.17) is 9.47 Å². The molecular formula is C20H27NO3. The van der Waals surface area contributed by atoms with Crippen LogP contribution in [-0.2, 0) is 14.3 Å². The number of benzene rings is 1. The third-order valence-electron chi connectivity index (χ3n) is 4.82. The van der Waals surface area contributed by atoms with Gasteiger partial charge in [0, 0.05) is 12.6 Å². The molecule has 1 atom stereocenters. The van der Waals surface area contributed by atoms with E-state index in [1.807, 2.05) is 11.0 Å². The summed E-state index contributed by atoms with van der Waals surface area (Å²) < 4.78 is 11.3. The second kappa shape index (κ2) is 7.95. The highest BCUT2D eigenvalue weighted by Gasteiger charge is 2.35. The van der Waals surface area contributed by atoms with Crippen molar-refractivity contribution in [2.45, 2.75) is 51.4 Å². The molecule has 0 aromatic heterocycles. The van der Waals surface area contributed by atoms with E-state index in [1.54, 1.807) is 6.08 Å². The molecule has 3 rings (SSSR count). The molecule has 1 aromatic rings. The quantitative estimate of drug-likeness (QED) is 0.793. The summed E-state index contributed by atoms with van der Waals surface area (Å²) in [5.74, 6) is 0.567. The van der Waals surface area contributed by atoms with E-state index in [-0.39, 0.29) is 18.2 Å².